The van der Waals surface area contributed by atoms with Gasteiger partial charge in [0.2, 0.25) is 0 Å². The van der Waals surface area contributed by atoms with Crippen molar-refractivity contribution in [3.63, 3.8) is 0 Å². The summed E-state index contributed by atoms with van der Waals surface area (Å²) in [5.74, 6) is -0.216. The molecule has 1 aromatic carbocycles. The summed E-state index contributed by atoms with van der Waals surface area (Å²) >= 11 is 3.42. The molecule has 0 bridgehead atoms. The van der Waals surface area contributed by atoms with Crippen LogP contribution in [-0.4, -0.2) is 42.0 Å². The maximum absolute atomic E-state index is 13.1. The van der Waals surface area contributed by atoms with E-state index in [1.807, 2.05) is 6.07 Å². The quantitative estimate of drug-likeness (QED) is 0.812. The van der Waals surface area contributed by atoms with Gasteiger partial charge in [-0.2, -0.15) is 5.26 Å². The van der Waals surface area contributed by atoms with Crippen molar-refractivity contribution in [1.29, 1.82) is 5.26 Å². The minimum Gasteiger partial charge on any atom is -0.297 e. The van der Waals surface area contributed by atoms with Crippen molar-refractivity contribution in [2.45, 2.75) is 32.4 Å². The zero-order valence-electron chi connectivity index (χ0n) is 12.4. The average Bonchev–Trinajstić information content (AvgIpc) is 2.48. The first-order chi connectivity index (χ1) is 10.1. The molecule has 0 spiro atoms. The molecule has 0 saturated carbocycles. The zero-order valence-corrected chi connectivity index (χ0v) is 13.9. The first-order valence-electron chi connectivity index (χ1n) is 7.44. The normalized spacial score (nSPS) is 18.4. The van der Waals surface area contributed by atoms with Gasteiger partial charge in [0.1, 0.15) is 5.82 Å². The lowest BCUT2D eigenvalue weighted by Gasteiger charge is -2.37. The Kier molecular flexibility index (Phi) is 6.16. The summed E-state index contributed by atoms with van der Waals surface area (Å²) in [6.07, 6.45) is 1.99. The van der Waals surface area contributed by atoms with Crippen molar-refractivity contribution in [3.8, 4) is 6.07 Å². The Morgan fingerprint density at radius 3 is 2.62 bits per heavy atom. The van der Waals surface area contributed by atoms with Gasteiger partial charge >= 0.3 is 0 Å². The van der Waals surface area contributed by atoms with E-state index in [0.717, 1.165) is 55.6 Å². The topological polar surface area (TPSA) is 30.3 Å². The molecule has 1 saturated heterocycles. The number of nitriles is 1. The fourth-order valence-electron chi connectivity index (χ4n) is 2.73. The van der Waals surface area contributed by atoms with Crippen LogP contribution in [0, 0.1) is 17.1 Å². The van der Waals surface area contributed by atoms with Crippen LogP contribution in [0.2, 0.25) is 0 Å². The largest absolute Gasteiger partial charge is 0.297 e. The second-order valence-corrected chi connectivity index (χ2v) is 6.34. The van der Waals surface area contributed by atoms with Gasteiger partial charge in [0.15, 0.2) is 0 Å². The molecular formula is C16H21BrFN3. The average molecular weight is 354 g/mol. The van der Waals surface area contributed by atoms with E-state index in [4.69, 9.17) is 0 Å². The van der Waals surface area contributed by atoms with Crippen LogP contribution in [0.5, 0.6) is 0 Å². The van der Waals surface area contributed by atoms with E-state index in [0.29, 0.717) is 0 Å². The van der Waals surface area contributed by atoms with Crippen LogP contribution >= 0.6 is 15.9 Å². The minimum absolute atomic E-state index is 0.0507. The molecular weight excluding hydrogens is 333 g/mol. The Morgan fingerprint density at radius 2 is 2.05 bits per heavy atom. The van der Waals surface area contributed by atoms with Crippen LogP contribution in [0.3, 0.4) is 0 Å². The maximum atomic E-state index is 13.1. The number of nitrogens with zero attached hydrogens (tertiary/aromatic N) is 3. The Morgan fingerprint density at radius 1 is 1.33 bits per heavy atom. The molecule has 114 valence electrons. The molecule has 1 aliphatic heterocycles. The highest BCUT2D eigenvalue weighted by Crippen LogP contribution is 2.21. The molecule has 3 nitrogen and oxygen atoms in total. The lowest BCUT2D eigenvalue weighted by molar-refractivity contribution is 0.106. The van der Waals surface area contributed by atoms with Gasteiger partial charge < -0.3 is 0 Å². The predicted molar refractivity (Wildman–Crippen MR) is 85.3 cm³/mol. The van der Waals surface area contributed by atoms with Crippen molar-refractivity contribution in [3.05, 3.63) is 34.1 Å². The number of hydrogen-bond acceptors (Lipinski definition) is 3. The van der Waals surface area contributed by atoms with Gasteiger partial charge in [-0.25, -0.2) is 4.39 Å². The Hall–Kier alpha value is -0.960. The first-order valence-corrected chi connectivity index (χ1v) is 8.23. The highest BCUT2D eigenvalue weighted by Gasteiger charge is 2.23. The molecule has 0 N–H and O–H groups in total. The molecule has 2 rings (SSSR count). The molecule has 0 aliphatic carbocycles. The number of rotatable bonds is 5. The van der Waals surface area contributed by atoms with E-state index in [9.17, 15) is 9.65 Å². The smallest absolute Gasteiger partial charge is 0.124 e. The molecule has 1 unspecified atom stereocenters. The van der Waals surface area contributed by atoms with Crippen molar-refractivity contribution < 1.29 is 4.39 Å². The minimum atomic E-state index is -0.216. The summed E-state index contributed by atoms with van der Waals surface area (Å²) < 4.78 is 13.9. The Labute approximate surface area is 134 Å². The van der Waals surface area contributed by atoms with E-state index < -0.39 is 0 Å². The third kappa shape index (κ3) is 4.50. The number of halogens is 2. The number of benzene rings is 1. The standard InChI is InChI=1S/C16H21BrFN3/c1-2-3-15(11-19)21-8-6-20(7-9-21)12-13-4-5-14(18)10-16(13)17/h4-5,10,15H,2-3,6-9,12H2,1H3. The molecule has 0 amide bonds. The van der Waals surface area contributed by atoms with E-state index in [2.05, 4.69) is 38.7 Å². The summed E-state index contributed by atoms with van der Waals surface area (Å²) in [4.78, 5) is 4.63. The molecule has 1 atom stereocenters. The molecule has 1 aromatic rings. The lowest BCUT2D eigenvalue weighted by atomic mass is 10.1. The Bertz CT molecular complexity index is 507. The lowest BCUT2D eigenvalue weighted by Crippen LogP contribution is -2.49. The third-order valence-electron chi connectivity index (χ3n) is 3.97. The fourth-order valence-corrected chi connectivity index (χ4v) is 3.20. The Balaban J connectivity index is 1.88. The molecule has 1 heterocycles. The predicted octanol–water partition coefficient (Wildman–Crippen LogP) is 3.40. The van der Waals surface area contributed by atoms with E-state index in [1.165, 1.54) is 12.1 Å². The highest BCUT2D eigenvalue weighted by molar-refractivity contribution is 9.10. The number of piperazine rings is 1. The maximum Gasteiger partial charge on any atom is 0.124 e. The van der Waals surface area contributed by atoms with E-state index >= 15 is 0 Å². The summed E-state index contributed by atoms with van der Waals surface area (Å²) in [7, 11) is 0. The molecule has 0 radical (unpaired) electrons. The van der Waals surface area contributed by atoms with Gasteiger partial charge in [0.25, 0.3) is 0 Å². The van der Waals surface area contributed by atoms with Crippen LogP contribution in [0.25, 0.3) is 0 Å². The summed E-state index contributed by atoms with van der Waals surface area (Å²) in [5.41, 5.74) is 1.11. The molecule has 21 heavy (non-hydrogen) atoms. The van der Waals surface area contributed by atoms with Crippen LogP contribution in [0.1, 0.15) is 25.3 Å². The number of hydrogen-bond donors (Lipinski definition) is 0. The second kappa shape index (κ2) is 7.88. The van der Waals surface area contributed by atoms with Crippen molar-refractivity contribution in [2.24, 2.45) is 0 Å². The summed E-state index contributed by atoms with van der Waals surface area (Å²) in [6.45, 7) is 6.69. The van der Waals surface area contributed by atoms with Crippen molar-refractivity contribution in [1.82, 2.24) is 9.80 Å². The van der Waals surface area contributed by atoms with Crippen LogP contribution in [0.15, 0.2) is 22.7 Å². The highest BCUT2D eigenvalue weighted by atomic mass is 79.9. The van der Waals surface area contributed by atoms with Gasteiger partial charge in [-0.15, -0.1) is 0 Å². The summed E-state index contributed by atoms with van der Waals surface area (Å²) in [5, 5.41) is 9.23. The zero-order chi connectivity index (χ0) is 15.2. The van der Waals surface area contributed by atoms with E-state index in [-0.39, 0.29) is 11.9 Å². The molecule has 1 fully saturated rings. The molecule has 5 heteroatoms. The van der Waals surface area contributed by atoms with Gasteiger partial charge in [0.05, 0.1) is 12.1 Å². The second-order valence-electron chi connectivity index (χ2n) is 5.48. The van der Waals surface area contributed by atoms with Crippen molar-refractivity contribution >= 4 is 15.9 Å². The monoisotopic (exact) mass is 353 g/mol. The van der Waals surface area contributed by atoms with E-state index in [1.54, 1.807) is 0 Å². The van der Waals surface area contributed by atoms with Crippen molar-refractivity contribution in [2.75, 3.05) is 26.2 Å². The first kappa shape index (κ1) is 16.4. The van der Waals surface area contributed by atoms with Gasteiger partial charge in [-0.3, -0.25) is 9.80 Å². The molecule has 0 aromatic heterocycles. The SMILES string of the molecule is CCCC(C#N)N1CCN(Cc2ccc(F)cc2Br)CC1. The summed E-state index contributed by atoms with van der Waals surface area (Å²) in [6, 6.07) is 7.31. The molecule has 1 aliphatic rings. The third-order valence-corrected chi connectivity index (χ3v) is 4.71. The van der Waals surface area contributed by atoms with Gasteiger partial charge in [-0.1, -0.05) is 35.3 Å². The van der Waals surface area contributed by atoms with Crippen LogP contribution in [0.4, 0.5) is 4.39 Å². The van der Waals surface area contributed by atoms with Gasteiger partial charge in [0, 0.05) is 37.2 Å². The fraction of sp³-hybridized carbons (Fsp3) is 0.562. The van der Waals surface area contributed by atoms with Crippen LogP contribution < -0.4 is 0 Å². The van der Waals surface area contributed by atoms with Gasteiger partial charge in [-0.05, 0) is 24.1 Å². The van der Waals surface area contributed by atoms with Crippen LogP contribution in [-0.2, 0) is 6.54 Å².